The van der Waals surface area contributed by atoms with Crippen LogP contribution >= 0.6 is 11.8 Å². The van der Waals surface area contributed by atoms with Gasteiger partial charge in [0.05, 0.1) is 19.8 Å². The van der Waals surface area contributed by atoms with Crippen molar-refractivity contribution in [3.63, 3.8) is 0 Å². The first-order valence-corrected chi connectivity index (χ1v) is 21.7. The molecular formula is C46H74O4S. The lowest BCUT2D eigenvalue weighted by molar-refractivity contribution is 0.104. The van der Waals surface area contributed by atoms with Crippen molar-refractivity contribution in [1.29, 1.82) is 0 Å². The van der Waals surface area contributed by atoms with Crippen LogP contribution in [0.15, 0.2) is 47.4 Å². The molecule has 0 unspecified atom stereocenters. The molecule has 0 fully saturated rings. The van der Waals surface area contributed by atoms with Crippen molar-refractivity contribution in [1.82, 2.24) is 0 Å². The van der Waals surface area contributed by atoms with Gasteiger partial charge in [-0.1, -0.05) is 175 Å². The van der Waals surface area contributed by atoms with Crippen LogP contribution in [0.4, 0.5) is 0 Å². The summed E-state index contributed by atoms with van der Waals surface area (Å²) in [6.45, 7) is 15.2. The number of carbonyl (C=O) groups excluding carboxylic acids is 1. The average molecular weight is 723 g/mol. The van der Waals surface area contributed by atoms with Gasteiger partial charge in [0.25, 0.3) is 0 Å². The predicted molar refractivity (Wildman–Crippen MR) is 222 cm³/mol. The molecule has 0 amide bonds. The summed E-state index contributed by atoms with van der Waals surface area (Å²) in [5.74, 6) is 1.84. The number of rotatable bonds is 31. The molecule has 5 heteroatoms. The molecule has 0 aliphatic carbocycles. The Labute approximate surface area is 318 Å². The summed E-state index contributed by atoms with van der Waals surface area (Å²) in [6.07, 6.45) is 29.2. The first kappa shape index (κ1) is 44.8. The van der Waals surface area contributed by atoms with Gasteiger partial charge in [-0.2, -0.15) is 0 Å². The molecule has 2 aromatic rings. The van der Waals surface area contributed by atoms with Crippen molar-refractivity contribution in [2.24, 2.45) is 0 Å². The van der Waals surface area contributed by atoms with Crippen LogP contribution in [-0.2, 0) is 0 Å². The Morgan fingerprint density at radius 2 is 0.961 bits per heavy atom. The lowest BCUT2D eigenvalue weighted by Crippen LogP contribution is -2.08. The van der Waals surface area contributed by atoms with Gasteiger partial charge in [0.15, 0.2) is 17.3 Å². The summed E-state index contributed by atoms with van der Waals surface area (Å²) in [5, 5.41) is 0. The van der Waals surface area contributed by atoms with Gasteiger partial charge in [-0.05, 0) is 55.2 Å². The molecule has 2 aromatic carbocycles. The van der Waals surface area contributed by atoms with E-state index in [4.69, 9.17) is 14.2 Å². The molecule has 0 aliphatic rings. The first-order valence-electron chi connectivity index (χ1n) is 20.8. The summed E-state index contributed by atoms with van der Waals surface area (Å²) in [7, 11) is 0. The molecule has 0 spiro atoms. The first-order chi connectivity index (χ1) is 24.8. The highest BCUT2D eigenvalue weighted by Crippen LogP contribution is 2.40. The van der Waals surface area contributed by atoms with Crippen molar-refractivity contribution < 1.29 is 19.0 Å². The van der Waals surface area contributed by atoms with Crippen LogP contribution in [0, 0.1) is 0 Å². The lowest BCUT2D eigenvalue weighted by Gasteiger charge is -2.18. The van der Waals surface area contributed by atoms with Crippen molar-refractivity contribution >= 4 is 23.6 Å². The average Bonchev–Trinajstić information content (AvgIpc) is 3.11. The van der Waals surface area contributed by atoms with Gasteiger partial charge in [0.2, 0.25) is 5.75 Å². The summed E-state index contributed by atoms with van der Waals surface area (Å²) < 4.78 is 19.5. The molecule has 2 rings (SSSR count). The van der Waals surface area contributed by atoms with Crippen LogP contribution in [0.2, 0.25) is 0 Å². The lowest BCUT2D eigenvalue weighted by atomic mass is 10.1. The van der Waals surface area contributed by atoms with E-state index in [9.17, 15) is 4.79 Å². The van der Waals surface area contributed by atoms with E-state index in [1.165, 1.54) is 101 Å². The number of unbranched alkanes of at least 4 members (excludes halogenated alkanes) is 18. The topological polar surface area (TPSA) is 44.8 Å². The fourth-order valence-electron chi connectivity index (χ4n) is 6.06. The standard InChI is InChI=1S/C46H74O4S/c1-7-10-13-16-19-22-25-34-48-43-37-40(42(47)33-30-39-28-31-41(32-29-39)51-46(4,5)6)38-44(49-35-26-23-20-17-14-11-8-2)45(43)50-36-27-24-21-18-15-12-9-3/h28-33,37-38H,7-27,34-36H2,1-6H3/b33-30+. The second kappa shape index (κ2) is 28.1. The quantitative estimate of drug-likeness (QED) is 0.0335. The summed E-state index contributed by atoms with van der Waals surface area (Å²) >= 11 is 1.84. The van der Waals surface area contributed by atoms with Crippen LogP contribution in [-0.4, -0.2) is 30.4 Å². The highest BCUT2D eigenvalue weighted by Gasteiger charge is 2.19. The van der Waals surface area contributed by atoms with Crippen LogP contribution in [0.3, 0.4) is 0 Å². The van der Waals surface area contributed by atoms with Gasteiger partial charge >= 0.3 is 0 Å². The normalized spacial score (nSPS) is 11.7. The van der Waals surface area contributed by atoms with E-state index in [1.54, 1.807) is 6.08 Å². The van der Waals surface area contributed by atoms with E-state index in [1.807, 2.05) is 30.0 Å². The molecule has 0 saturated carbocycles. The molecule has 0 N–H and O–H groups in total. The molecule has 51 heavy (non-hydrogen) atoms. The zero-order valence-electron chi connectivity index (χ0n) is 33.6. The number of hydrogen-bond acceptors (Lipinski definition) is 5. The van der Waals surface area contributed by atoms with Gasteiger partial charge in [-0.15, -0.1) is 11.8 Å². The highest BCUT2D eigenvalue weighted by molar-refractivity contribution is 8.00. The van der Waals surface area contributed by atoms with Crippen LogP contribution < -0.4 is 14.2 Å². The number of carbonyl (C=O) groups is 1. The Morgan fingerprint density at radius 1 is 0.569 bits per heavy atom. The molecule has 0 heterocycles. The van der Waals surface area contributed by atoms with E-state index in [0.717, 1.165) is 44.1 Å². The maximum Gasteiger partial charge on any atom is 0.203 e. The monoisotopic (exact) mass is 723 g/mol. The van der Waals surface area contributed by atoms with Crippen LogP contribution in [0.25, 0.3) is 6.08 Å². The molecule has 0 bridgehead atoms. The zero-order chi connectivity index (χ0) is 37.0. The minimum Gasteiger partial charge on any atom is -0.490 e. The smallest absolute Gasteiger partial charge is 0.203 e. The van der Waals surface area contributed by atoms with E-state index in [0.29, 0.717) is 42.6 Å². The van der Waals surface area contributed by atoms with Crippen molar-refractivity contribution in [3.05, 3.63) is 53.6 Å². The Hall–Kier alpha value is -2.40. The SMILES string of the molecule is CCCCCCCCCOc1cc(C(=O)/C=C/c2ccc(SC(C)(C)C)cc2)cc(OCCCCCCCCC)c1OCCCCCCCCC. The Morgan fingerprint density at radius 3 is 1.37 bits per heavy atom. The van der Waals surface area contributed by atoms with E-state index in [-0.39, 0.29) is 10.5 Å². The molecule has 0 aliphatic heterocycles. The molecular weight excluding hydrogens is 649 g/mol. The van der Waals surface area contributed by atoms with Gasteiger partial charge in [0.1, 0.15) is 0 Å². The molecule has 288 valence electrons. The predicted octanol–water partition coefficient (Wildman–Crippen LogP) is 14.9. The number of thioether (sulfide) groups is 1. The van der Waals surface area contributed by atoms with Crippen molar-refractivity contribution in [3.8, 4) is 17.2 Å². The van der Waals surface area contributed by atoms with E-state index < -0.39 is 0 Å². The summed E-state index contributed by atoms with van der Waals surface area (Å²) in [5.41, 5.74) is 1.57. The third-order valence-electron chi connectivity index (χ3n) is 9.04. The maximum atomic E-state index is 13.7. The fourth-order valence-corrected chi connectivity index (χ4v) is 7.04. The van der Waals surface area contributed by atoms with Gasteiger partial charge in [0, 0.05) is 15.2 Å². The Balaban J connectivity index is 2.22. The molecule has 0 saturated heterocycles. The fraction of sp³-hybridized carbons (Fsp3) is 0.674. The van der Waals surface area contributed by atoms with Gasteiger partial charge < -0.3 is 14.2 Å². The minimum atomic E-state index is -0.0664. The molecule has 4 nitrogen and oxygen atoms in total. The Kier molecular flexibility index (Phi) is 24.7. The number of ether oxygens (including phenoxy) is 3. The second-order valence-corrected chi connectivity index (χ2v) is 17.1. The van der Waals surface area contributed by atoms with E-state index in [2.05, 4.69) is 65.8 Å². The molecule has 0 aromatic heterocycles. The van der Waals surface area contributed by atoms with Gasteiger partial charge in [-0.3, -0.25) is 4.79 Å². The third-order valence-corrected chi connectivity index (χ3v) is 10.2. The van der Waals surface area contributed by atoms with Crippen LogP contribution in [0.5, 0.6) is 17.2 Å². The maximum absolute atomic E-state index is 13.7. The van der Waals surface area contributed by atoms with Crippen molar-refractivity contribution in [2.45, 2.75) is 186 Å². The number of allylic oxidation sites excluding steroid dienone is 1. The van der Waals surface area contributed by atoms with Crippen molar-refractivity contribution in [2.75, 3.05) is 19.8 Å². The number of ketones is 1. The van der Waals surface area contributed by atoms with E-state index >= 15 is 0 Å². The van der Waals surface area contributed by atoms with Crippen LogP contribution in [0.1, 0.15) is 192 Å². The molecule has 0 atom stereocenters. The highest BCUT2D eigenvalue weighted by atomic mass is 32.2. The second-order valence-electron chi connectivity index (χ2n) is 15.2. The minimum absolute atomic E-state index is 0.0664. The largest absolute Gasteiger partial charge is 0.490 e. The zero-order valence-corrected chi connectivity index (χ0v) is 34.4. The third kappa shape index (κ3) is 21.7. The molecule has 0 radical (unpaired) electrons. The Bertz CT molecular complexity index is 1160. The number of hydrogen-bond donors (Lipinski definition) is 0. The van der Waals surface area contributed by atoms with Gasteiger partial charge in [-0.25, -0.2) is 0 Å². The number of benzene rings is 2. The summed E-state index contributed by atoms with van der Waals surface area (Å²) in [6, 6.07) is 12.2. The summed E-state index contributed by atoms with van der Waals surface area (Å²) in [4.78, 5) is 14.9.